The summed E-state index contributed by atoms with van der Waals surface area (Å²) in [6.45, 7) is 1.82. The van der Waals surface area contributed by atoms with Gasteiger partial charge in [-0.05, 0) is 6.92 Å². The van der Waals surface area contributed by atoms with Crippen molar-refractivity contribution in [1.29, 1.82) is 0 Å². The maximum Gasteiger partial charge on any atom is 0.350 e. The van der Waals surface area contributed by atoms with Gasteiger partial charge in [0.05, 0.1) is 12.9 Å². The van der Waals surface area contributed by atoms with Crippen molar-refractivity contribution < 1.29 is 17.9 Å². The second-order valence-electron chi connectivity index (χ2n) is 1.72. The van der Waals surface area contributed by atoms with Crippen LogP contribution in [0.4, 0.5) is 0 Å². The number of ether oxygens (including phenoxy) is 1. The third-order valence-electron chi connectivity index (χ3n) is 0.636. The third-order valence-corrected chi connectivity index (χ3v) is 1.12. The monoisotopic (exact) mass is 179 g/mol. The lowest BCUT2D eigenvalue weighted by Crippen LogP contribution is -2.06. The van der Waals surface area contributed by atoms with Crippen LogP contribution < -0.4 is 0 Å². The minimum atomic E-state index is -3.47. The fraction of sp³-hybridized carbons (Fsp3) is 0.600. The molecule has 0 N–H and O–H groups in total. The Labute approximate surface area is 65.1 Å². The second kappa shape index (κ2) is 4.07. The summed E-state index contributed by atoms with van der Waals surface area (Å²) in [4.78, 5) is 10.5. The van der Waals surface area contributed by atoms with Gasteiger partial charge in [0.2, 0.25) is 10.0 Å². The van der Waals surface area contributed by atoms with Gasteiger partial charge in [-0.1, -0.05) is 0 Å². The van der Waals surface area contributed by atoms with Crippen LogP contribution in [0.25, 0.3) is 0 Å². The highest BCUT2D eigenvalue weighted by atomic mass is 32.2. The van der Waals surface area contributed by atoms with Crippen molar-refractivity contribution in [3.05, 3.63) is 0 Å². The molecule has 0 aliphatic carbocycles. The highest BCUT2D eigenvalue weighted by Gasteiger charge is 1.98. The van der Waals surface area contributed by atoms with Crippen molar-refractivity contribution in [2.24, 2.45) is 4.40 Å². The molecular weight excluding hydrogens is 170 g/mol. The lowest BCUT2D eigenvalue weighted by molar-refractivity contribution is -0.134. The minimum absolute atomic E-state index is 0.203. The van der Waals surface area contributed by atoms with Gasteiger partial charge in [0.25, 0.3) is 0 Å². The summed E-state index contributed by atoms with van der Waals surface area (Å²) >= 11 is 0. The van der Waals surface area contributed by atoms with Crippen molar-refractivity contribution in [3.63, 3.8) is 0 Å². The van der Waals surface area contributed by atoms with Gasteiger partial charge in [0.15, 0.2) is 0 Å². The van der Waals surface area contributed by atoms with Gasteiger partial charge in [-0.2, -0.15) is 4.40 Å². The summed E-state index contributed by atoms with van der Waals surface area (Å²) in [6, 6.07) is 0. The van der Waals surface area contributed by atoms with Gasteiger partial charge >= 0.3 is 5.97 Å². The zero-order chi connectivity index (χ0) is 8.91. The fourth-order valence-corrected chi connectivity index (χ4v) is 0.596. The lowest BCUT2D eigenvalue weighted by atomic mass is 10.7. The molecule has 0 amide bonds. The number of esters is 1. The van der Waals surface area contributed by atoms with Gasteiger partial charge in [-0.3, -0.25) is 0 Å². The number of sulfonamides is 1. The molecule has 0 fully saturated rings. The van der Waals surface area contributed by atoms with Crippen LogP contribution in [0.5, 0.6) is 0 Å². The molecule has 5 nitrogen and oxygen atoms in total. The average molecular weight is 179 g/mol. The Balaban J connectivity index is 4.05. The maximum atomic E-state index is 10.5. The Morgan fingerprint density at radius 2 is 2.18 bits per heavy atom. The molecule has 0 atom stereocenters. The molecule has 0 aromatic heterocycles. The Kier molecular flexibility index (Phi) is 3.73. The van der Waals surface area contributed by atoms with Crippen molar-refractivity contribution in [2.45, 2.75) is 6.92 Å². The predicted octanol–water partition coefficient (Wildman–Crippen LogP) is -0.420. The first-order valence-electron chi connectivity index (χ1n) is 2.88. The molecule has 0 aliphatic rings. The van der Waals surface area contributed by atoms with Gasteiger partial charge in [0.1, 0.15) is 6.21 Å². The summed E-state index contributed by atoms with van der Waals surface area (Å²) in [6.07, 6.45) is 1.53. The van der Waals surface area contributed by atoms with E-state index in [1.165, 1.54) is 0 Å². The molecule has 64 valence electrons. The van der Waals surface area contributed by atoms with Crippen LogP contribution in [-0.4, -0.2) is 33.5 Å². The van der Waals surface area contributed by atoms with Crippen LogP contribution in [0.1, 0.15) is 6.92 Å². The van der Waals surface area contributed by atoms with E-state index >= 15 is 0 Å². The topological polar surface area (TPSA) is 72.8 Å². The lowest BCUT2D eigenvalue weighted by Gasteiger charge is -1.92. The van der Waals surface area contributed by atoms with Crippen LogP contribution in [0.15, 0.2) is 4.40 Å². The van der Waals surface area contributed by atoms with E-state index in [4.69, 9.17) is 0 Å². The molecule has 0 aromatic carbocycles. The summed E-state index contributed by atoms with van der Waals surface area (Å²) in [5.41, 5.74) is 0. The maximum absolute atomic E-state index is 10.5. The SMILES string of the molecule is CCOC(=O)/C=N/S(C)(=O)=O. The molecule has 0 aromatic rings. The Bertz CT molecular complexity index is 254. The molecule has 11 heavy (non-hydrogen) atoms. The normalized spacial score (nSPS) is 11.8. The zero-order valence-electron chi connectivity index (χ0n) is 6.27. The quantitative estimate of drug-likeness (QED) is 0.435. The smallest absolute Gasteiger partial charge is 0.350 e. The van der Waals surface area contributed by atoms with Crippen LogP contribution >= 0.6 is 0 Å². The minimum Gasteiger partial charge on any atom is -0.462 e. The van der Waals surface area contributed by atoms with E-state index in [1.807, 2.05) is 0 Å². The molecule has 0 radical (unpaired) electrons. The number of nitrogens with zero attached hydrogens (tertiary/aromatic N) is 1. The molecule has 0 saturated carbocycles. The van der Waals surface area contributed by atoms with Gasteiger partial charge in [-0.25, -0.2) is 13.2 Å². The Morgan fingerprint density at radius 3 is 2.55 bits per heavy atom. The largest absolute Gasteiger partial charge is 0.462 e. The number of rotatable bonds is 3. The summed E-state index contributed by atoms with van der Waals surface area (Å²) in [5, 5.41) is 0. The Morgan fingerprint density at radius 1 is 1.64 bits per heavy atom. The van der Waals surface area contributed by atoms with Gasteiger partial charge < -0.3 is 4.74 Å². The highest BCUT2D eigenvalue weighted by molar-refractivity contribution is 7.89. The molecule has 0 spiro atoms. The van der Waals surface area contributed by atoms with Crippen molar-refractivity contribution in [2.75, 3.05) is 12.9 Å². The fourth-order valence-electron chi connectivity index (χ4n) is 0.318. The van der Waals surface area contributed by atoms with Crippen LogP contribution in [-0.2, 0) is 19.6 Å². The standard InChI is InChI=1S/C5H9NO4S/c1-3-10-5(7)4-6-11(2,8)9/h4H,3H2,1-2H3/b6-4+. The number of hydrogen-bond acceptors (Lipinski definition) is 4. The van der Waals surface area contributed by atoms with Crippen molar-refractivity contribution in [1.82, 2.24) is 0 Å². The number of hydrogen-bond donors (Lipinski definition) is 0. The first kappa shape index (κ1) is 10.1. The zero-order valence-corrected chi connectivity index (χ0v) is 7.09. The molecule has 0 unspecified atom stereocenters. The van der Waals surface area contributed by atoms with E-state index in [9.17, 15) is 13.2 Å². The van der Waals surface area contributed by atoms with Crippen LogP contribution in [0, 0.1) is 0 Å². The van der Waals surface area contributed by atoms with E-state index < -0.39 is 16.0 Å². The predicted molar refractivity (Wildman–Crippen MR) is 40.0 cm³/mol. The van der Waals surface area contributed by atoms with E-state index in [2.05, 4.69) is 9.13 Å². The summed E-state index contributed by atoms with van der Waals surface area (Å²) in [7, 11) is -3.47. The Hall–Kier alpha value is -0.910. The van der Waals surface area contributed by atoms with E-state index in [1.54, 1.807) is 6.92 Å². The molecule has 0 heterocycles. The number of carbonyl (C=O) groups excluding carboxylic acids is 1. The summed E-state index contributed by atoms with van der Waals surface area (Å²) in [5.74, 6) is -0.752. The first-order chi connectivity index (χ1) is 4.95. The number of carbonyl (C=O) groups is 1. The molecule has 6 heteroatoms. The molecule has 0 saturated heterocycles. The van der Waals surface area contributed by atoms with E-state index in [0.717, 1.165) is 6.26 Å². The first-order valence-corrected chi connectivity index (χ1v) is 4.72. The van der Waals surface area contributed by atoms with Crippen LogP contribution in [0.3, 0.4) is 0 Å². The van der Waals surface area contributed by atoms with Crippen molar-refractivity contribution >= 4 is 22.2 Å². The molecule has 0 bridgehead atoms. The van der Waals surface area contributed by atoms with Crippen LogP contribution in [0.2, 0.25) is 0 Å². The van der Waals surface area contributed by atoms with Gasteiger partial charge in [-0.15, -0.1) is 0 Å². The summed E-state index contributed by atoms with van der Waals surface area (Å²) < 4.78 is 28.0. The second-order valence-corrected chi connectivity index (χ2v) is 3.40. The highest BCUT2D eigenvalue weighted by Crippen LogP contribution is 1.82. The van der Waals surface area contributed by atoms with E-state index in [-0.39, 0.29) is 6.61 Å². The molecular formula is C5H9NO4S. The molecule has 0 aliphatic heterocycles. The van der Waals surface area contributed by atoms with E-state index in [0.29, 0.717) is 6.21 Å². The average Bonchev–Trinajstić information content (AvgIpc) is 1.83. The third kappa shape index (κ3) is 6.98. The van der Waals surface area contributed by atoms with Gasteiger partial charge in [0, 0.05) is 0 Å². The van der Waals surface area contributed by atoms with Crippen molar-refractivity contribution in [3.8, 4) is 0 Å². The molecule has 0 rings (SSSR count).